The molecule has 1 aromatic rings. The van der Waals surface area contributed by atoms with Crippen LogP contribution in [0.2, 0.25) is 5.28 Å². The molecule has 0 saturated heterocycles. The van der Waals surface area contributed by atoms with Crippen LogP contribution in [-0.4, -0.2) is 40.1 Å². The Morgan fingerprint density at radius 3 is 2.80 bits per heavy atom. The predicted octanol–water partition coefficient (Wildman–Crippen LogP) is 1.70. The third kappa shape index (κ3) is 4.09. The van der Waals surface area contributed by atoms with Crippen molar-refractivity contribution in [1.29, 1.82) is 0 Å². The number of nitrogens with one attached hydrogen (secondary N) is 1. The summed E-state index contributed by atoms with van der Waals surface area (Å²) in [6.07, 6.45) is 2.04. The quantitative estimate of drug-likeness (QED) is 0.856. The van der Waals surface area contributed by atoms with E-state index in [1.54, 1.807) is 11.8 Å². The van der Waals surface area contributed by atoms with Crippen LogP contribution in [0.25, 0.3) is 0 Å². The summed E-state index contributed by atoms with van der Waals surface area (Å²) in [6.45, 7) is 2.04. The lowest BCUT2D eigenvalue weighted by atomic mass is 10.4. The van der Waals surface area contributed by atoms with E-state index >= 15 is 0 Å². The molecule has 0 aliphatic carbocycles. The van der Waals surface area contributed by atoms with Crippen LogP contribution < -0.4 is 10.1 Å². The molecular weight excluding hydrogens is 236 g/mol. The number of thioether (sulfide) groups is 1. The van der Waals surface area contributed by atoms with Gasteiger partial charge in [-0.15, -0.1) is 0 Å². The van der Waals surface area contributed by atoms with Gasteiger partial charge in [-0.25, -0.2) is 0 Å². The molecule has 0 aliphatic rings. The van der Waals surface area contributed by atoms with Gasteiger partial charge in [0.2, 0.25) is 11.2 Å². The van der Waals surface area contributed by atoms with Crippen LogP contribution in [0.4, 0.5) is 5.95 Å². The molecule has 5 nitrogen and oxygen atoms in total. The molecule has 1 atom stereocenters. The zero-order valence-corrected chi connectivity index (χ0v) is 10.4. The second kappa shape index (κ2) is 5.97. The van der Waals surface area contributed by atoms with E-state index in [1.165, 1.54) is 7.11 Å². The van der Waals surface area contributed by atoms with Crippen molar-refractivity contribution in [2.24, 2.45) is 0 Å². The largest absolute Gasteiger partial charge is 0.467 e. The molecule has 0 fully saturated rings. The van der Waals surface area contributed by atoms with E-state index in [9.17, 15) is 0 Å². The Labute approximate surface area is 98.0 Å². The SMILES string of the molecule is COc1nc(Cl)nc(NC(C)CSC)n1. The Kier molecular flexibility index (Phi) is 4.90. The minimum atomic E-state index is 0.126. The first-order chi connectivity index (χ1) is 7.15. The second-order valence-corrected chi connectivity index (χ2v) is 4.16. The normalized spacial score (nSPS) is 12.3. The molecule has 84 valence electrons. The molecule has 0 saturated carbocycles. The Morgan fingerprint density at radius 2 is 2.20 bits per heavy atom. The third-order valence-corrected chi connectivity index (χ3v) is 2.56. The molecule has 0 amide bonds. The fraction of sp³-hybridized carbons (Fsp3) is 0.625. The van der Waals surface area contributed by atoms with Gasteiger partial charge in [-0.1, -0.05) is 0 Å². The molecule has 0 bridgehead atoms. The van der Waals surface area contributed by atoms with Gasteiger partial charge in [0, 0.05) is 11.8 Å². The molecule has 0 aliphatic heterocycles. The molecule has 1 unspecified atom stereocenters. The number of hydrogen-bond acceptors (Lipinski definition) is 6. The molecule has 0 radical (unpaired) electrons. The molecule has 1 heterocycles. The van der Waals surface area contributed by atoms with E-state index in [0.29, 0.717) is 5.95 Å². The van der Waals surface area contributed by atoms with Crippen molar-refractivity contribution in [3.63, 3.8) is 0 Å². The maximum atomic E-state index is 5.70. The highest BCUT2D eigenvalue weighted by Crippen LogP contribution is 2.12. The van der Waals surface area contributed by atoms with E-state index in [2.05, 4.69) is 20.3 Å². The average molecular weight is 249 g/mol. The minimum Gasteiger partial charge on any atom is -0.467 e. The Bertz CT molecular complexity index is 326. The lowest BCUT2D eigenvalue weighted by Gasteiger charge is -2.12. The standard InChI is InChI=1S/C8H13ClN4OS/c1-5(4-15-3)10-7-11-6(9)12-8(13-7)14-2/h5H,4H2,1-3H3,(H,10,11,12,13). The van der Waals surface area contributed by atoms with Crippen molar-refractivity contribution in [2.45, 2.75) is 13.0 Å². The van der Waals surface area contributed by atoms with E-state index in [1.807, 2.05) is 13.2 Å². The van der Waals surface area contributed by atoms with Gasteiger partial charge in [0.1, 0.15) is 0 Å². The number of methoxy groups -OCH3 is 1. The number of nitrogens with zero attached hydrogens (tertiary/aromatic N) is 3. The van der Waals surface area contributed by atoms with Gasteiger partial charge < -0.3 is 10.1 Å². The molecule has 7 heteroatoms. The van der Waals surface area contributed by atoms with Gasteiger partial charge in [0.15, 0.2) is 0 Å². The monoisotopic (exact) mass is 248 g/mol. The fourth-order valence-electron chi connectivity index (χ4n) is 1.000. The van der Waals surface area contributed by atoms with Crippen LogP contribution in [0, 0.1) is 0 Å². The van der Waals surface area contributed by atoms with Gasteiger partial charge in [-0.05, 0) is 24.8 Å². The maximum Gasteiger partial charge on any atom is 0.322 e. The van der Waals surface area contributed by atoms with Crippen molar-refractivity contribution in [3.05, 3.63) is 5.28 Å². The third-order valence-electron chi connectivity index (χ3n) is 1.56. The molecular formula is C8H13ClN4OS. The lowest BCUT2D eigenvalue weighted by molar-refractivity contribution is 0.378. The number of aromatic nitrogens is 3. The molecule has 1 aromatic heterocycles. The number of anilines is 1. The molecule has 0 spiro atoms. The van der Waals surface area contributed by atoms with Crippen molar-refractivity contribution < 1.29 is 4.74 Å². The minimum absolute atomic E-state index is 0.126. The van der Waals surface area contributed by atoms with Crippen LogP contribution in [0.5, 0.6) is 6.01 Å². The van der Waals surface area contributed by atoms with Crippen LogP contribution in [0.1, 0.15) is 6.92 Å². The van der Waals surface area contributed by atoms with E-state index in [4.69, 9.17) is 16.3 Å². The Morgan fingerprint density at radius 1 is 1.47 bits per heavy atom. The zero-order chi connectivity index (χ0) is 11.3. The van der Waals surface area contributed by atoms with Gasteiger partial charge in [-0.2, -0.15) is 26.7 Å². The van der Waals surface area contributed by atoms with E-state index in [0.717, 1.165) is 5.75 Å². The lowest BCUT2D eigenvalue weighted by Crippen LogP contribution is -2.19. The summed E-state index contributed by atoms with van der Waals surface area (Å²) in [5.41, 5.74) is 0. The summed E-state index contributed by atoms with van der Waals surface area (Å²) >= 11 is 7.45. The van der Waals surface area contributed by atoms with Gasteiger partial charge in [0.05, 0.1) is 7.11 Å². The Hall–Kier alpha value is -0.750. The fourth-order valence-corrected chi connectivity index (χ4v) is 1.74. The zero-order valence-electron chi connectivity index (χ0n) is 8.82. The molecule has 0 aromatic carbocycles. The summed E-state index contributed by atoms with van der Waals surface area (Å²) in [5.74, 6) is 1.40. The number of ether oxygens (including phenoxy) is 1. The highest BCUT2D eigenvalue weighted by Gasteiger charge is 2.07. The van der Waals surface area contributed by atoms with Crippen LogP contribution >= 0.6 is 23.4 Å². The highest BCUT2D eigenvalue weighted by molar-refractivity contribution is 7.98. The average Bonchev–Trinajstić information content (AvgIpc) is 2.17. The first-order valence-electron chi connectivity index (χ1n) is 4.36. The van der Waals surface area contributed by atoms with Crippen molar-refractivity contribution in [3.8, 4) is 6.01 Å². The van der Waals surface area contributed by atoms with Crippen molar-refractivity contribution in [2.75, 3.05) is 24.4 Å². The van der Waals surface area contributed by atoms with Crippen LogP contribution in [0.3, 0.4) is 0 Å². The second-order valence-electron chi connectivity index (χ2n) is 2.92. The summed E-state index contributed by atoms with van der Waals surface area (Å²) in [5, 5.41) is 3.24. The van der Waals surface area contributed by atoms with Gasteiger partial charge in [-0.3, -0.25) is 0 Å². The summed E-state index contributed by atoms with van der Waals surface area (Å²) in [7, 11) is 1.49. The first-order valence-corrected chi connectivity index (χ1v) is 6.14. The molecule has 15 heavy (non-hydrogen) atoms. The van der Waals surface area contributed by atoms with E-state index < -0.39 is 0 Å². The number of halogens is 1. The summed E-state index contributed by atoms with van der Waals surface area (Å²) in [6, 6.07) is 0.483. The van der Waals surface area contributed by atoms with Gasteiger partial charge >= 0.3 is 6.01 Å². The molecule has 1 N–H and O–H groups in total. The van der Waals surface area contributed by atoms with E-state index in [-0.39, 0.29) is 17.3 Å². The van der Waals surface area contributed by atoms with Crippen LogP contribution in [-0.2, 0) is 0 Å². The smallest absolute Gasteiger partial charge is 0.322 e. The highest BCUT2D eigenvalue weighted by atomic mass is 35.5. The number of rotatable bonds is 5. The first kappa shape index (κ1) is 12.3. The van der Waals surface area contributed by atoms with Crippen molar-refractivity contribution in [1.82, 2.24) is 15.0 Å². The van der Waals surface area contributed by atoms with Gasteiger partial charge in [0.25, 0.3) is 0 Å². The summed E-state index contributed by atoms with van der Waals surface area (Å²) in [4.78, 5) is 11.8. The molecule has 1 rings (SSSR count). The number of hydrogen-bond donors (Lipinski definition) is 1. The van der Waals surface area contributed by atoms with Crippen molar-refractivity contribution >= 4 is 29.3 Å². The topological polar surface area (TPSA) is 59.9 Å². The summed E-state index contributed by atoms with van der Waals surface area (Å²) < 4.78 is 4.89. The predicted molar refractivity (Wildman–Crippen MR) is 62.9 cm³/mol. The van der Waals surface area contributed by atoms with Crippen LogP contribution in [0.15, 0.2) is 0 Å². The Balaban J connectivity index is 2.71. The maximum absolute atomic E-state index is 5.70.